The van der Waals surface area contributed by atoms with Crippen LogP contribution in [0.15, 0.2) is 73.1 Å². The quantitative estimate of drug-likeness (QED) is 0.525. The Kier molecular flexibility index (Phi) is 4.88. The molecular formula is C25H25N3O. The molecule has 1 atom stereocenters. The van der Waals surface area contributed by atoms with Crippen molar-refractivity contribution >= 4 is 10.9 Å². The van der Waals surface area contributed by atoms with Gasteiger partial charge in [-0.15, -0.1) is 0 Å². The standard InChI is InChI=1S/C25H25N3O/c29-17-18-4-6-19(7-5-18)25-14-20(8-11-27-25)21-10-13-28(15-21)16-22-2-1-3-24-23(22)9-12-26-24/h1-9,11-12,14,21,26,29H,10,13,15-17H2/t21-/m1/s1. The maximum absolute atomic E-state index is 9.24. The largest absolute Gasteiger partial charge is 0.392 e. The number of rotatable bonds is 5. The summed E-state index contributed by atoms with van der Waals surface area (Å²) in [7, 11) is 0. The fourth-order valence-corrected chi connectivity index (χ4v) is 4.42. The van der Waals surface area contributed by atoms with E-state index >= 15 is 0 Å². The summed E-state index contributed by atoms with van der Waals surface area (Å²) in [5, 5.41) is 10.6. The zero-order valence-electron chi connectivity index (χ0n) is 16.4. The number of aliphatic hydroxyl groups is 1. The molecule has 4 nitrogen and oxygen atoms in total. The molecular weight excluding hydrogens is 358 g/mol. The Labute approximate surface area is 170 Å². The van der Waals surface area contributed by atoms with Crippen LogP contribution in [0.5, 0.6) is 0 Å². The number of benzene rings is 2. The lowest BCUT2D eigenvalue weighted by Gasteiger charge is -2.17. The highest BCUT2D eigenvalue weighted by Gasteiger charge is 2.24. The molecule has 1 aliphatic rings. The first-order valence-electron chi connectivity index (χ1n) is 10.2. The predicted molar refractivity (Wildman–Crippen MR) is 117 cm³/mol. The molecule has 146 valence electrons. The number of likely N-dealkylation sites (tertiary alicyclic amines) is 1. The first-order valence-corrected chi connectivity index (χ1v) is 10.2. The van der Waals surface area contributed by atoms with Gasteiger partial charge in [0.05, 0.1) is 12.3 Å². The van der Waals surface area contributed by atoms with E-state index < -0.39 is 0 Å². The molecule has 3 heterocycles. The molecule has 5 rings (SSSR count). The van der Waals surface area contributed by atoms with Crippen molar-refractivity contribution in [3.63, 3.8) is 0 Å². The van der Waals surface area contributed by atoms with E-state index in [9.17, 15) is 5.11 Å². The van der Waals surface area contributed by atoms with Crippen molar-refractivity contribution < 1.29 is 5.11 Å². The van der Waals surface area contributed by atoms with Crippen molar-refractivity contribution in [3.05, 3.63) is 89.7 Å². The van der Waals surface area contributed by atoms with Crippen LogP contribution in [0, 0.1) is 0 Å². The fraction of sp³-hybridized carbons (Fsp3) is 0.240. The van der Waals surface area contributed by atoms with Gasteiger partial charge in [0.25, 0.3) is 0 Å². The van der Waals surface area contributed by atoms with E-state index in [1.807, 2.05) is 36.7 Å². The van der Waals surface area contributed by atoms with Crippen molar-refractivity contribution in [2.24, 2.45) is 0 Å². The minimum Gasteiger partial charge on any atom is -0.392 e. The van der Waals surface area contributed by atoms with Crippen molar-refractivity contribution in [2.45, 2.75) is 25.5 Å². The molecule has 2 N–H and O–H groups in total. The van der Waals surface area contributed by atoms with Crippen LogP contribution >= 0.6 is 0 Å². The first-order chi connectivity index (χ1) is 14.3. The zero-order valence-corrected chi connectivity index (χ0v) is 16.4. The van der Waals surface area contributed by atoms with Crippen LogP contribution in [0.25, 0.3) is 22.2 Å². The second-order valence-electron chi connectivity index (χ2n) is 7.91. The van der Waals surface area contributed by atoms with Crippen molar-refractivity contribution in [1.29, 1.82) is 0 Å². The van der Waals surface area contributed by atoms with Gasteiger partial charge in [-0.1, -0.05) is 36.4 Å². The molecule has 0 aliphatic carbocycles. The summed E-state index contributed by atoms with van der Waals surface area (Å²) in [6.07, 6.45) is 5.12. The summed E-state index contributed by atoms with van der Waals surface area (Å²) in [6, 6.07) is 21.1. The van der Waals surface area contributed by atoms with Crippen LogP contribution in [-0.2, 0) is 13.2 Å². The minimum atomic E-state index is 0.0716. The molecule has 4 aromatic rings. The summed E-state index contributed by atoms with van der Waals surface area (Å²) in [5.74, 6) is 0.541. The monoisotopic (exact) mass is 383 g/mol. The number of H-pyrrole nitrogens is 1. The fourth-order valence-electron chi connectivity index (χ4n) is 4.42. The van der Waals surface area contributed by atoms with E-state index in [4.69, 9.17) is 0 Å². The first kappa shape index (κ1) is 18.1. The Morgan fingerprint density at radius 3 is 2.83 bits per heavy atom. The number of aromatic nitrogens is 2. The van der Waals surface area contributed by atoms with Crippen LogP contribution in [0.1, 0.15) is 29.0 Å². The third kappa shape index (κ3) is 3.69. The van der Waals surface area contributed by atoms with Crippen molar-refractivity contribution in [1.82, 2.24) is 14.9 Å². The zero-order chi connectivity index (χ0) is 19.6. The molecule has 0 saturated carbocycles. The summed E-state index contributed by atoms with van der Waals surface area (Å²) in [6.45, 7) is 3.26. The van der Waals surface area contributed by atoms with Crippen LogP contribution in [0.2, 0.25) is 0 Å². The third-order valence-electron chi connectivity index (χ3n) is 6.04. The second-order valence-corrected chi connectivity index (χ2v) is 7.91. The SMILES string of the molecule is OCc1ccc(-c2cc([C@@H]3CCN(Cc4cccc5[nH]ccc45)C3)ccn2)cc1. The van der Waals surface area contributed by atoms with Gasteiger partial charge in [-0.3, -0.25) is 9.88 Å². The summed E-state index contributed by atoms with van der Waals surface area (Å²) in [4.78, 5) is 10.4. The Bertz CT molecular complexity index is 1120. The Morgan fingerprint density at radius 2 is 1.97 bits per heavy atom. The normalized spacial score (nSPS) is 17.2. The van der Waals surface area contributed by atoms with Gasteiger partial charge in [-0.2, -0.15) is 0 Å². The molecule has 0 spiro atoms. The smallest absolute Gasteiger partial charge is 0.0704 e. The molecule has 0 unspecified atom stereocenters. The van der Waals surface area contributed by atoms with E-state index in [1.165, 1.54) is 28.5 Å². The van der Waals surface area contributed by atoms with Crippen LogP contribution < -0.4 is 0 Å². The van der Waals surface area contributed by atoms with Crippen molar-refractivity contribution in [2.75, 3.05) is 13.1 Å². The number of aromatic amines is 1. The van der Waals surface area contributed by atoms with E-state index in [0.717, 1.165) is 36.5 Å². The minimum absolute atomic E-state index is 0.0716. The number of hydrogen-bond acceptors (Lipinski definition) is 3. The third-order valence-corrected chi connectivity index (χ3v) is 6.04. The van der Waals surface area contributed by atoms with E-state index in [-0.39, 0.29) is 6.61 Å². The molecule has 2 aromatic heterocycles. The molecule has 0 radical (unpaired) electrons. The summed E-state index contributed by atoms with van der Waals surface area (Å²) < 4.78 is 0. The predicted octanol–water partition coefficient (Wildman–Crippen LogP) is 4.71. The Hall–Kier alpha value is -2.95. The van der Waals surface area contributed by atoms with Gasteiger partial charge >= 0.3 is 0 Å². The average molecular weight is 383 g/mol. The Morgan fingerprint density at radius 1 is 1.07 bits per heavy atom. The number of hydrogen-bond donors (Lipinski definition) is 2. The molecule has 2 aromatic carbocycles. The molecule has 1 saturated heterocycles. The van der Waals surface area contributed by atoms with Crippen LogP contribution in [-0.4, -0.2) is 33.1 Å². The number of nitrogens with zero attached hydrogens (tertiary/aromatic N) is 2. The van der Waals surface area contributed by atoms with E-state index in [1.54, 1.807) is 0 Å². The summed E-state index contributed by atoms with van der Waals surface area (Å²) in [5.41, 5.74) is 6.99. The van der Waals surface area contributed by atoms with Gasteiger partial charge in [0.1, 0.15) is 0 Å². The van der Waals surface area contributed by atoms with E-state index in [2.05, 4.69) is 51.3 Å². The maximum atomic E-state index is 9.24. The van der Waals surface area contributed by atoms with Gasteiger partial charge in [0.15, 0.2) is 0 Å². The maximum Gasteiger partial charge on any atom is 0.0704 e. The molecule has 1 aliphatic heterocycles. The van der Waals surface area contributed by atoms with Crippen LogP contribution in [0.3, 0.4) is 0 Å². The molecule has 0 bridgehead atoms. The topological polar surface area (TPSA) is 52.1 Å². The highest BCUT2D eigenvalue weighted by molar-refractivity contribution is 5.82. The number of aliphatic hydroxyl groups excluding tert-OH is 1. The number of nitrogens with one attached hydrogen (secondary N) is 1. The summed E-state index contributed by atoms with van der Waals surface area (Å²) >= 11 is 0. The molecule has 29 heavy (non-hydrogen) atoms. The second kappa shape index (κ2) is 7.82. The van der Waals surface area contributed by atoms with Crippen LogP contribution in [0.4, 0.5) is 0 Å². The van der Waals surface area contributed by atoms with Gasteiger partial charge in [-0.05, 0) is 59.8 Å². The van der Waals surface area contributed by atoms with Gasteiger partial charge in [0, 0.05) is 41.9 Å². The highest BCUT2D eigenvalue weighted by Crippen LogP contribution is 2.31. The van der Waals surface area contributed by atoms with Crippen molar-refractivity contribution in [3.8, 4) is 11.3 Å². The highest BCUT2D eigenvalue weighted by atomic mass is 16.3. The Balaban J connectivity index is 1.31. The molecule has 1 fully saturated rings. The lowest BCUT2D eigenvalue weighted by atomic mass is 9.97. The lowest BCUT2D eigenvalue weighted by molar-refractivity contribution is 0.282. The number of fused-ring (bicyclic) bond motifs is 1. The van der Waals surface area contributed by atoms with Gasteiger partial charge in [0.2, 0.25) is 0 Å². The van der Waals surface area contributed by atoms with Gasteiger partial charge in [-0.25, -0.2) is 0 Å². The average Bonchev–Trinajstić information content (AvgIpc) is 3.44. The van der Waals surface area contributed by atoms with E-state index in [0.29, 0.717) is 5.92 Å². The molecule has 0 amide bonds. The molecule has 4 heteroatoms. The van der Waals surface area contributed by atoms with Gasteiger partial charge < -0.3 is 10.1 Å². The lowest BCUT2D eigenvalue weighted by Crippen LogP contribution is -2.19. The number of pyridine rings is 1.